The number of anilines is 1. The van der Waals surface area contributed by atoms with Gasteiger partial charge < -0.3 is 15.4 Å². The lowest BCUT2D eigenvalue weighted by molar-refractivity contribution is -0.147. The molecule has 0 bridgehead atoms. The van der Waals surface area contributed by atoms with Crippen molar-refractivity contribution < 1.29 is 14.3 Å². The molecular weight excluding hydrogens is 464 g/mol. The summed E-state index contributed by atoms with van der Waals surface area (Å²) in [6.07, 6.45) is 6.45. The zero-order valence-electron chi connectivity index (χ0n) is 20.3. The third-order valence-electron chi connectivity index (χ3n) is 5.08. The predicted molar refractivity (Wildman–Crippen MR) is 134 cm³/mol. The third-order valence-corrected chi connectivity index (χ3v) is 5.08. The molecule has 11 nitrogen and oxygen atoms in total. The first-order valence-electron chi connectivity index (χ1n) is 11.7. The molecule has 0 saturated heterocycles. The van der Waals surface area contributed by atoms with Crippen molar-refractivity contribution in [2.75, 3.05) is 18.4 Å². The summed E-state index contributed by atoms with van der Waals surface area (Å²) in [7, 11) is 0. The van der Waals surface area contributed by atoms with Crippen molar-refractivity contribution in [2.45, 2.75) is 45.9 Å². The molecule has 3 aromatic heterocycles. The highest BCUT2D eigenvalue weighted by Crippen LogP contribution is 2.07. The van der Waals surface area contributed by atoms with Crippen LogP contribution in [-0.2, 0) is 27.4 Å². The molecule has 0 saturated carbocycles. The van der Waals surface area contributed by atoms with E-state index >= 15 is 0 Å². The standard InChI is InChI=1S/C25H30N6O5/c1-18(2)36-24(34)8-12-29-22(32)7-11-28-21-13-23(33)31(17-20-6-4-10-27-15-20)25(35)30(21)16-19-5-3-9-26-14-19/h3-6,9-10,13-15,18,28H,7-8,11-12,16-17H2,1-2H3,(H,29,32). The van der Waals surface area contributed by atoms with Crippen LogP contribution in [0, 0.1) is 0 Å². The van der Waals surface area contributed by atoms with E-state index in [1.54, 1.807) is 56.8 Å². The van der Waals surface area contributed by atoms with Crippen molar-refractivity contribution in [1.82, 2.24) is 24.4 Å². The first kappa shape index (κ1) is 26.3. The van der Waals surface area contributed by atoms with Crippen LogP contribution in [-0.4, -0.2) is 50.2 Å². The molecule has 0 fully saturated rings. The van der Waals surface area contributed by atoms with E-state index in [1.807, 2.05) is 6.07 Å². The summed E-state index contributed by atoms with van der Waals surface area (Å²) in [6, 6.07) is 8.46. The first-order valence-corrected chi connectivity index (χ1v) is 11.7. The summed E-state index contributed by atoms with van der Waals surface area (Å²) in [5.74, 6) is -0.356. The summed E-state index contributed by atoms with van der Waals surface area (Å²) in [5, 5.41) is 5.69. The van der Waals surface area contributed by atoms with Gasteiger partial charge in [0.15, 0.2) is 0 Å². The van der Waals surface area contributed by atoms with Crippen molar-refractivity contribution >= 4 is 17.7 Å². The molecule has 0 atom stereocenters. The zero-order chi connectivity index (χ0) is 25.9. The molecule has 3 aromatic rings. The molecule has 11 heteroatoms. The fourth-order valence-electron chi connectivity index (χ4n) is 3.43. The van der Waals surface area contributed by atoms with E-state index in [1.165, 1.54) is 10.6 Å². The Kier molecular flexibility index (Phi) is 9.49. The van der Waals surface area contributed by atoms with Crippen LogP contribution in [0.15, 0.2) is 64.7 Å². The van der Waals surface area contributed by atoms with Gasteiger partial charge >= 0.3 is 11.7 Å². The van der Waals surface area contributed by atoms with Crippen molar-refractivity contribution in [1.29, 1.82) is 0 Å². The molecule has 0 aliphatic carbocycles. The second-order valence-electron chi connectivity index (χ2n) is 8.36. The average Bonchev–Trinajstić information content (AvgIpc) is 2.85. The molecular formula is C25H30N6O5. The summed E-state index contributed by atoms with van der Waals surface area (Å²) in [6.45, 7) is 4.13. The predicted octanol–water partition coefficient (Wildman–Crippen LogP) is 1.16. The van der Waals surface area contributed by atoms with E-state index in [2.05, 4.69) is 20.6 Å². The van der Waals surface area contributed by atoms with Crippen LogP contribution < -0.4 is 21.9 Å². The number of nitrogens with one attached hydrogen (secondary N) is 2. The molecule has 2 N–H and O–H groups in total. The van der Waals surface area contributed by atoms with Crippen LogP contribution in [0.25, 0.3) is 0 Å². The van der Waals surface area contributed by atoms with Crippen molar-refractivity contribution in [2.24, 2.45) is 0 Å². The molecule has 3 rings (SSSR count). The Bertz CT molecular complexity index is 1270. The van der Waals surface area contributed by atoms with Gasteiger partial charge in [-0.25, -0.2) is 4.79 Å². The highest BCUT2D eigenvalue weighted by atomic mass is 16.5. The number of esters is 1. The van der Waals surface area contributed by atoms with Crippen molar-refractivity contribution in [3.63, 3.8) is 0 Å². The number of carbonyl (C=O) groups excluding carboxylic acids is 2. The smallest absolute Gasteiger partial charge is 0.333 e. The van der Waals surface area contributed by atoms with Crippen LogP contribution >= 0.6 is 0 Å². The lowest BCUT2D eigenvalue weighted by Crippen LogP contribution is -2.41. The van der Waals surface area contributed by atoms with E-state index in [0.29, 0.717) is 5.82 Å². The van der Waals surface area contributed by atoms with Crippen LogP contribution in [0.5, 0.6) is 0 Å². The van der Waals surface area contributed by atoms with E-state index < -0.39 is 11.2 Å². The largest absolute Gasteiger partial charge is 0.463 e. The highest BCUT2D eigenvalue weighted by molar-refractivity contribution is 5.77. The first-order chi connectivity index (χ1) is 17.3. The van der Waals surface area contributed by atoms with E-state index in [9.17, 15) is 19.2 Å². The number of amides is 1. The van der Waals surface area contributed by atoms with Crippen LogP contribution in [0.2, 0.25) is 0 Å². The van der Waals surface area contributed by atoms with Gasteiger partial charge in [0.1, 0.15) is 5.82 Å². The Morgan fingerprint density at radius 1 is 0.944 bits per heavy atom. The summed E-state index contributed by atoms with van der Waals surface area (Å²) in [4.78, 5) is 58.0. The second-order valence-corrected chi connectivity index (χ2v) is 8.36. The summed E-state index contributed by atoms with van der Waals surface area (Å²) in [5.41, 5.74) is 0.535. The van der Waals surface area contributed by atoms with Crippen LogP contribution in [0.3, 0.4) is 0 Å². The normalized spacial score (nSPS) is 10.8. The van der Waals surface area contributed by atoms with E-state index in [4.69, 9.17) is 4.74 Å². The lowest BCUT2D eigenvalue weighted by atomic mass is 10.2. The van der Waals surface area contributed by atoms with Crippen molar-refractivity contribution in [3.8, 4) is 0 Å². The topological polar surface area (TPSA) is 137 Å². The monoisotopic (exact) mass is 494 g/mol. The number of pyridine rings is 2. The van der Waals surface area contributed by atoms with Gasteiger partial charge in [-0.3, -0.25) is 33.5 Å². The Hall–Kier alpha value is -4.28. The molecule has 0 aliphatic heterocycles. The number of carbonyl (C=O) groups is 2. The number of hydrogen-bond donors (Lipinski definition) is 2. The van der Waals surface area contributed by atoms with E-state index in [0.717, 1.165) is 15.7 Å². The van der Waals surface area contributed by atoms with Gasteiger partial charge in [0.25, 0.3) is 5.56 Å². The van der Waals surface area contributed by atoms with Gasteiger partial charge in [-0.1, -0.05) is 12.1 Å². The molecule has 190 valence electrons. The third kappa shape index (κ3) is 7.90. The molecule has 0 aliphatic rings. The van der Waals surface area contributed by atoms with Crippen LogP contribution in [0.4, 0.5) is 5.82 Å². The summed E-state index contributed by atoms with van der Waals surface area (Å²) >= 11 is 0. The number of hydrogen-bond acceptors (Lipinski definition) is 8. The van der Waals surface area contributed by atoms with Gasteiger partial charge in [-0.2, -0.15) is 0 Å². The highest BCUT2D eigenvalue weighted by Gasteiger charge is 2.14. The maximum atomic E-state index is 13.3. The molecule has 0 unspecified atom stereocenters. The van der Waals surface area contributed by atoms with Crippen LogP contribution in [0.1, 0.15) is 37.8 Å². The minimum Gasteiger partial charge on any atom is -0.463 e. The van der Waals surface area contributed by atoms with Gasteiger partial charge in [0.2, 0.25) is 5.91 Å². The Morgan fingerprint density at radius 3 is 2.17 bits per heavy atom. The van der Waals surface area contributed by atoms with Gasteiger partial charge in [0.05, 0.1) is 25.6 Å². The Labute approximate surface area is 208 Å². The maximum absolute atomic E-state index is 13.3. The fraction of sp³-hybridized carbons (Fsp3) is 0.360. The van der Waals surface area contributed by atoms with Gasteiger partial charge in [0, 0.05) is 50.4 Å². The molecule has 0 spiro atoms. The molecule has 36 heavy (non-hydrogen) atoms. The average molecular weight is 495 g/mol. The van der Waals surface area contributed by atoms with Gasteiger partial charge in [-0.15, -0.1) is 0 Å². The molecule has 3 heterocycles. The molecule has 0 radical (unpaired) electrons. The van der Waals surface area contributed by atoms with Gasteiger partial charge in [-0.05, 0) is 37.1 Å². The molecule has 1 amide bonds. The quantitative estimate of drug-likeness (QED) is 0.358. The minimum absolute atomic E-state index is 0.0805. The lowest BCUT2D eigenvalue weighted by Gasteiger charge is -2.17. The zero-order valence-corrected chi connectivity index (χ0v) is 20.3. The SMILES string of the molecule is CC(C)OC(=O)CCNC(=O)CCNc1cc(=O)n(Cc2cccnc2)c(=O)n1Cc1cccnc1. The fourth-order valence-corrected chi connectivity index (χ4v) is 3.43. The number of aromatic nitrogens is 4. The molecule has 0 aromatic carbocycles. The van der Waals surface area contributed by atoms with E-state index in [-0.39, 0.29) is 57.0 Å². The van der Waals surface area contributed by atoms with Crippen molar-refractivity contribution in [3.05, 3.63) is 87.1 Å². The number of rotatable bonds is 12. The minimum atomic E-state index is -0.495. The Balaban J connectivity index is 1.70. The number of ether oxygens (including phenoxy) is 1. The number of nitrogens with zero attached hydrogens (tertiary/aromatic N) is 4. The second kappa shape index (κ2) is 13.0. The maximum Gasteiger partial charge on any atom is 0.333 e. The summed E-state index contributed by atoms with van der Waals surface area (Å²) < 4.78 is 7.61. The Morgan fingerprint density at radius 2 is 1.58 bits per heavy atom.